The van der Waals surface area contributed by atoms with Crippen LogP contribution in [0.25, 0.3) is 0 Å². The maximum atomic E-state index is 8.93. The largest absolute Gasteiger partial charge is 0.388 e. The fraction of sp³-hybridized carbons (Fsp3) is 0.167. The van der Waals surface area contributed by atoms with Gasteiger partial charge in [-0.3, -0.25) is 0 Å². The normalized spacial score (nSPS) is 11.0. The molecule has 0 aliphatic carbocycles. The minimum Gasteiger partial charge on any atom is -0.388 e. The van der Waals surface area contributed by atoms with Gasteiger partial charge in [0.1, 0.15) is 17.8 Å². The fourth-order valence-corrected chi connectivity index (χ4v) is 1.27. The molecule has 1 aromatic rings. The number of anilines is 1. The molecule has 0 aliphatic heterocycles. The number of nitrogens with two attached hydrogens (primary N) is 1. The molecule has 0 saturated heterocycles. The van der Waals surface area contributed by atoms with Crippen molar-refractivity contribution in [3.63, 3.8) is 0 Å². The summed E-state index contributed by atoms with van der Waals surface area (Å²) in [5.74, 6) is 0. The van der Waals surface area contributed by atoms with Crippen molar-refractivity contribution < 1.29 is 0 Å². The molecule has 2 N–H and O–H groups in total. The summed E-state index contributed by atoms with van der Waals surface area (Å²) in [4.78, 5) is 1.60. The first-order valence-corrected chi connectivity index (χ1v) is 4.70. The van der Waals surface area contributed by atoms with Crippen LogP contribution < -0.4 is 10.6 Å². The van der Waals surface area contributed by atoms with Crippen molar-refractivity contribution in [2.24, 2.45) is 5.73 Å². The van der Waals surface area contributed by atoms with Gasteiger partial charge in [0.05, 0.1) is 0 Å². The van der Waals surface area contributed by atoms with Gasteiger partial charge in [-0.25, -0.2) is 0 Å². The molecular formula is C12H12N4. The summed E-state index contributed by atoms with van der Waals surface area (Å²) in [6.45, 7) is 1.98. The molecule has 4 heteroatoms. The number of nitrogens with zero attached hydrogens (tertiary/aromatic N) is 3. The van der Waals surface area contributed by atoms with Gasteiger partial charge in [-0.15, -0.1) is 0 Å². The topological polar surface area (TPSA) is 76.8 Å². The van der Waals surface area contributed by atoms with E-state index in [2.05, 4.69) is 0 Å². The highest BCUT2D eigenvalue weighted by molar-refractivity contribution is 5.57. The molecule has 0 saturated carbocycles. The van der Waals surface area contributed by atoms with E-state index in [1.807, 2.05) is 37.3 Å². The average Bonchev–Trinajstić information content (AvgIpc) is 2.30. The Morgan fingerprint density at radius 2 is 1.75 bits per heavy atom. The van der Waals surface area contributed by atoms with Crippen molar-refractivity contribution >= 4 is 5.69 Å². The van der Waals surface area contributed by atoms with Crippen LogP contribution in [0.3, 0.4) is 0 Å². The molecule has 0 atom stereocenters. The second-order valence-electron chi connectivity index (χ2n) is 3.38. The lowest BCUT2D eigenvalue weighted by Gasteiger charge is -2.18. The summed E-state index contributed by atoms with van der Waals surface area (Å²) in [6, 6.07) is 11.3. The van der Waals surface area contributed by atoms with Gasteiger partial charge in [0.15, 0.2) is 5.70 Å². The Hall–Kier alpha value is -2.46. The van der Waals surface area contributed by atoms with Gasteiger partial charge in [-0.2, -0.15) is 10.5 Å². The molecule has 0 spiro atoms. The van der Waals surface area contributed by atoms with Gasteiger partial charge in [-0.05, 0) is 19.1 Å². The molecule has 1 rings (SSSR count). The molecule has 0 aliphatic rings. The Morgan fingerprint density at radius 1 is 1.19 bits per heavy atom. The zero-order valence-corrected chi connectivity index (χ0v) is 9.23. The van der Waals surface area contributed by atoms with Crippen LogP contribution in [0.1, 0.15) is 5.56 Å². The molecule has 16 heavy (non-hydrogen) atoms. The lowest BCUT2D eigenvalue weighted by atomic mass is 10.2. The van der Waals surface area contributed by atoms with Gasteiger partial charge < -0.3 is 10.6 Å². The summed E-state index contributed by atoms with van der Waals surface area (Å²) < 4.78 is 0. The van der Waals surface area contributed by atoms with E-state index in [0.717, 1.165) is 11.3 Å². The first kappa shape index (κ1) is 11.6. The second kappa shape index (κ2) is 4.86. The van der Waals surface area contributed by atoms with Crippen LogP contribution in [0, 0.1) is 29.6 Å². The molecule has 4 nitrogen and oxygen atoms in total. The van der Waals surface area contributed by atoms with E-state index in [1.54, 1.807) is 18.0 Å². The molecule has 0 fully saturated rings. The first-order chi connectivity index (χ1) is 7.60. The molecule has 0 bridgehead atoms. The Labute approximate surface area is 94.8 Å². The Bertz CT molecular complexity index is 485. The fourth-order valence-electron chi connectivity index (χ4n) is 1.27. The predicted molar refractivity (Wildman–Crippen MR) is 62.0 cm³/mol. The summed E-state index contributed by atoms with van der Waals surface area (Å²) in [5, 5.41) is 17.6. The summed E-state index contributed by atoms with van der Waals surface area (Å²) in [7, 11) is 1.70. The number of allylic oxidation sites excluding steroid dienone is 2. The average molecular weight is 212 g/mol. The van der Waals surface area contributed by atoms with Crippen molar-refractivity contribution in [2.45, 2.75) is 6.92 Å². The first-order valence-electron chi connectivity index (χ1n) is 4.70. The van der Waals surface area contributed by atoms with E-state index in [4.69, 9.17) is 16.3 Å². The third-order valence-electron chi connectivity index (χ3n) is 2.24. The third kappa shape index (κ3) is 2.31. The molecular weight excluding hydrogens is 200 g/mol. The van der Waals surface area contributed by atoms with Crippen molar-refractivity contribution in [3.05, 3.63) is 41.2 Å². The molecule has 0 radical (unpaired) electrons. The van der Waals surface area contributed by atoms with E-state index in [9.17, 15) is 0 Å². The van der Waals surface area contributed by atoms with Gasteiger partial charge in [0, 0.05) is 12.7 Å². The van der Waals surface area contributed by atoms with Crippen LogP contribution in [-0.4, -0.2) is 7.05 Å². The predicted octanol–water partition coefficient (Wildman–Crippen LogP) is 1.65. The Morgan fingerprint density at radius 3 is 2.19 bits per heavy atom. The summed E-state index contributed by atoms with van der Waals surface area (Å²) in [5.41, 5.74) is 7.48. The van der Waals surface area contributed by atoms with Gasteiger partial charge >= 0.3 is 0 Å². The van der Waals surface area contributed by atoms with E-state index >= 15 is 0 Å². The van der Waals surface area contributed by atoms with Crippen LogP contribution in [0.15, 0.2) is 35.7 Å². The lowest BCUT2D eigenvalue weighted by molar-refractivity contribution is 1.10. The lowest BCUT2D eigenvalue weighted by Crippen LogP contribution is -2.19. The SMILES string of the molecule is Cc1ccc(N(C)/C(C#N)=C(/N)C#N)cc1. The third-order valence-corrected chi connectivity index (χ3v) is 2.24. The van der Waals surface area contributed by atoms with E-state index in [1.165, 1.54) is 0 Å². The van der Waals surface area contributed by atoms with Crippen LogP contribution in [0.2, 0.25) is 0 Å². The van der Waals surface area contributed by atoms with Crippen molar-refractivity contribution in [3.8, 4) is 12.1 Å². The molecule has 0 amide bonds. The molecule has 0 unspecified atom stereocenters. The molecule has 80 valence electrons. The maximum absolute atomic E-state index is 8.93. The number of aryl methyl sites for hydroxylation is 1. The van der Waals surface area contributed by atoms with Gasteiger partial charge in [-0.1, -0.05) is 17.7 Å². The van der Waals surface area contributed by atoms with Gasteiger partial charge in [0.25, 0.3) is 0 Å². The quantitative estimate of drug-likeness (QED) is 0.756. The highest BCUT2D eigenvalue weighted by Crippen LogP contribution is 2.18. The standard InChI is InChI=1S/C12H12N4/c1-9-3-5-10(6-4-9)16(2)12(8-14)11(15)7-13/h3-6H,15H2,1-2H3/b12-11+. The van der Waals surface area contributed by atoms with Crippen LogP contribution in [0.4, 0.5) is 5.69 Å². The van der Waals surface area contributed by atoms with Crippen molar-refractivity contribution in [2.75, 3.05) is 11.9 Å². The minimum atomic E-state index is -0.0782. The molecule has 1 aromatic carbocycles. The summed E-state index contributed by atoms with van der Waals surface area (Å²) in [6.07, 6.45) is 0. The van der Waals surface area contributed by atoms with E-state index in [-0.39, 0.29) is 11.4 Å². The van der Waals surface area contributed by atoms with Crippen LogP contribution >= 0.6 is 0 Å². The number of rotatable bonds is 2. The number of benzene rings is 1. The highest BCUT2D eigenvalue weighted by atomic mass is 15.1. The molecule has 0 heterocycles. The number of hydrogen-bond donors (Lipinski definition) is 1. The zero-order valence-electron chi connectivity index (χ0n) is 9.23. The van der Waals surface area contributed by atoms with E-state index in [0.29, 0.717) is 0 Å². The Balaban J connectivity index is 3.13. The zero-order chi connectivity index (χ0) is 12.1. The highest BCUT2D eigenvalue weighted by Gasteiger charge is 2.10. The number of nitriles is 2. The number of hydrogen-bond acceptors (Lipinski definition) is 4. The maximum Gasteiger partial charge on any atom is 0.154 e. The second-order valence-corrected chi connectivity index (χ2v) is 3.38. The van der Waals surface area contributed by atoms with E-state index < -0.39 is 0 Å². The Kier molecular flexibility index (Phi) is 3.53. The monoisotopic (exact) mass is 212 g/mol. The van der Waals surface area contributed by atoms with Crippen molar-refractivity contribution in [1.82, 2.24) is 0 Å². The van der Waals surface area contributed by atoms with Gasteiger partial charge in [0.2, 0.25) is 0 Å². The van der Waals surface area contributed by atoms with Crippen LogP contribution in [0.5, 0.6) is 0 Å². The molecule has 0 aromatic heterocycles. The summed E-state index contributed by atoms with van der Waals surface area (Å²) >= 11 is 0. The van der Waals surface area contributed by atoms with Crippen molar-refractivity contribution in [1.29, 1.82) is 10.5 Å². The smallest absolute Gasteiger partial charge is 0.154 e. The minimum absolute atomic E-state index is 0.0782. The van der Waals surface area contributed by atoms with Crippen LogP contribution in [-0.2, 0) is 0 Å².